The fraction of sp³-hybridized carbons (Fsp3) is 0.588. The molecule has 2 atom stereocenters. The smallest absolute Gasteiger partial charge is 0.278 e. The van der Waals surface area contributed by atoms with Gasteiger partial charge < -0.3 is 15.1 Å². The zero-order valence-electron chi connectivity index (χ0n) is 14.4. The molecule has 0 unspecified atom stereocenters. The van der Waals surface area contributed by atoms with Gasteiger partial charge in [-0.25, -0.2) is 12.8 Å². The van der Waals surface area contributed by atoms with Crippen LogP contribution in [0, 0.1) is 5.82 Å². The third kappa shape index (κ3) is 4.49. The van der Waals surface area contributed by atoms with Crippen LogP contribution in [0.5, 0.6) is 0 Å². The van der Waals surface area contributed by atoms with Crippen molar-refractivity contribution in [1.82, 2.24) is 5.32 Å². The van der Waals surface area contributed by atoms with Crippen molar-refractivity contribution < 1.29 is 22.5 Å². The lowest BCUT2D eigenvalue weighted by Gasteiger charge is -2.36. The lowest BCUT2D eigenvalue weighted by atomic mass is 10.1. The molecule has 2 N–H and O–H groups in total. The number of rotatable bonds is 4. The van der Waals surface area contributed by atoms with Crippen molar-refractivity contribution in [2.24, 2.45) is 0 Å². The van der Waals surface area contributed by atoms with Crippen LogP contribution in [-0.4, -0.2) is 64.1 Å². The molecule has 25 heavy (non-hydrogen) atoms. The van der Waals surface area contributed by atoms with Crippen LogP contribution in [0.3, 0.4) is 0 Å². The Bertz CT molecular complexity index is 715. The summed E-state index contributed by atoms with van der Waals surface area (Å²) in [5, 5.41) is 2.89. The molecule has 2 heterocycles. The monoisotopic (exact) mass is 370 g/mol. The van der Waals surface area contributed by atoms with Crippen molar-refractivity contribution in [2.75, 3.05) is 42.6 Å². The zero-order chi connectivity index (χ0) is 18.0. The van der Waals surface area contributed by atoms with Gasteiger partial charge in [0.1, 0.15) is 5.82 Å². The molecule has 0 saturated carbocycles. The molecule has 0 bridgehead atoms. The maximum atomic E-state index is 13.0. The summed E-state index contributed by atoms with van der Waals surface area (Å²) in [5.41, 5.74) is 0.994. The van der Waals surface area contributed by atoms with Crippen molar-refractivity contribution >= 4 is 21.4 Å². The number of hydrogen-bond acceptors (Lipinski definition) is 4. The Hall–Kier alpha value is -1.67. The van der Waals surface area contributed by atoms with Crippen LogP contribution in [0.25, 0.3) is 0 Å². The van der Waals surface area contributed by atoms with Crippen LogP contribution < -0.4 is 15.1 Å². The summed E-state index contributed by atoms with van der Waals surface area (Å²) >= 11 is 0. The number of benzene rings is 1. The normalized spacial score (nSPS) is 24.9. The molecule has 0 aromatic heterocycles. The molecule has 1 aromatic carbocycles. The molecule has 3 rings (SSSR count). The lowest BCUT2D eigenvalue weighted by molar-refractivity contribution is -0.914. The van der Waals surface area contributed by atoms with E-state index in [9.17, 15) is 17.6 Å². The van der Waals surface area contributed by atoms with Crippen LogP contribution in [0.1, 0.15) is 13.3 Å². The third-order valence-corrected chi connectivity index (χ3v) is 6.95. The maximum Gasteiger partial charge on any atom is 0.278 e. The van der Waals surface area contributed by atoms with Gasteiger partial charge in [0, 0.05) is 11.7 Å². The number of carbonyl (C=O) groups excluding carboxylic acids is 1. The molecule has 0 spiro atoms. The summed E-state index contributed by atoms with van der Waals surface area (Å²) < 4.78 is 36.0. The first-order valence-corrected chi connectivity index (χ1v) is 10.5. The Labute approximate surface area is 147 Å². The number of halogens is 1. The standard InChI is InChI=1S/C17H24FN3O3S/c1-13(17(22)19-15-6-11-25(23,24)12-15)20-7-9-21(10-8-20)16-4-2-14(18)3-5-16/h2-5,13,15H,6-12H2,1H3,(H,19,22)/p+1/t13-,15-/m0/s1. The highest BCUT2D eigenvalue weighted by Gasteiger charge is 2.33. The predicted octanol–water partition coefficient (Wildman–Crippen LogP) is -0.778. The number of quaternary nitrogens is 1. The number of anilines is 1. The van der Waals surface area contributed by atoms with Crippen molar-refractivity contribution in [2.45, 2.75) is 25.4 Å². The number of sulfone groups is 1. The summed E-state index contributed by atoms with van der Waals surface area (Å²) in [4.78, 5) is 15.8. The summed E-state index contributed by atoms with van der Waals surface area (Å²) in [7, 11) is -2.99. The summed E-state index contributed by atoms with van der Waals surface area (Å²) in [6.45, 7) is 5.12. The fourth-order valence-electron chi connectivity index (χ4n) is 3.56. The minimum atomic E-state index is -2.99. The van der Waals surface area contributed by atoms with Crippen LogP contribution in [-0.2, 0) is 14.6 Å². The molecule has 1 amide bonds. The van der Waals surface area contributed by atoms with E-state index in [2.05, 4.69) is 10.2 Å². The minimum Gasteiger partial charge on any atom is -0.360 e. The molecule has 6 nitrogen and oxygen atoms in total. The van der Waals surface area contributed by atoms with Gasteiger partial charge in [-0.05, 0) is 37.6 Å². The number of nitrogens with zero attached hydrogens (tertiary/aromatic N) is 1. The Morgan fingerprint density at radius 3 is 2.48 bits per heavy atom. The Kier molecular flexibility index (Phi) is 5.29. The summed E-state index contributed by atoms with van der Waals surface area (Å²) in [6, 6.07) is 6.01. The van der Waals surface area contributed by atoms with Crippen molar-refractivity contribution in [3.63, 3.8) is 0 Å². The van der Waals surface area contributed by atoms with E-state index in [1.807, 2.05) is 6.92 Å². The quantitative estimate of drug-likeness (QED) is 0.730. The highest BCUT2D eigenvalue weighted by molar-refractivity contribution is 7.91. The van der Waals surface area contributed by atoms with Crippen LogP contribution in [0.4, 0.5) is 10.1 Å². The van der Waals surface area contributed by atoms with E-state index in [1.165, 1.54) is 17.0 Å². The zero-order valence-corrected chi connectivity index (χ0v) is 15.2. The SMILES string of the molecule is C[C@@H](C(=O)N[C@H]1CCS(=O)(=O)C1)[NH+]1CCN(c2ccc(F)cc2)CC1. The second-order valence-electron chi connectivity index (χ2n) is 6.95. The number of piperazine rings is 1. The van der Waals surface area contributed by atoms with E-state index in [-0.39, 0.29) is 35.3 Å². The Balaban J connectivity index is 1.50. The van der Waals surface area contributed by atoms with Crippen LogP contribution in [0.2, 0.25) is 0 Å². The lowest BCUT2D eigenvalue weighted by Crippen LogP contribution is -3.19. The van der Waals surface area contributed by atoms with E-state index >= 15 is 0 Å². The van der Waals surface area contributed by atoms with Crippen LogP contribution >= 0.6 is 0 Å². The van der Waals surface area contributed by atoms with Gasteiger partial charge in [-0.1, -0.05) is 0 Å². The van der Waals surface area contributed by atoms with E-state index in [0.717, 1.165) is 31.9 Å². The molecule has 1 aromatic rings. The molecular formula is C17H25FN3O3S+. The third-order valence-electron chi connectivity index (χ3n) is 5.18. The predicted molar refractivity (Wildman–Crippen MR) is 94.0 cm³/mol. The highest BCUT2D eigenvalue weighted by Crippen LogP contribution is 2.14. The highest BCUT2D eigenvalue weighted by atomic mass is 32.2. The second-order valence-corrected chi connectivity index (χ2v) is 9.18. The number of amides is 1. The molecule has 2 aliphatic heterocycles. The molecule has 0 aliphatic carbocycles. The van der Waals surface area contributed by atoms with Gasteiger partial charge in [0.2, 0.25) is 0 Å². The van der Waals surface area contributed by atoms with Gasteiger partial charge in [-0.15, -0.1) is 0 Å². The van der Waals surface area contributed by atoms with Gasteiger partial charge in [-0.2, -0.15) is 0 Å². The largest absolute Gasteiger partial charge is 0.360 e. The van der Waals surface area contributed by atoms with E-state index in [0.29, 0.717) is 6.42 Å². The van der Waals surface area contributed by atoms with Crippen molar-refractivity contribution in [1.29, 1.82) is 0 Å². The average Bonchev–Trinajstić information content (AvgIpc) is 2.93. The van der Waals surface area contributed by atoms with Crippen molar-refractivity contribution in [3.05, 3.63) is 30.1 Å². The number of hydrogen-bond donors (Lipinski definition) is 2. The van der Waals surface area contributed by atoms with Crippen molar-refractivity contribution in [3.8, 4) is 0 Å². The Morgan fingerprint density at radius 1 is 1.28 bits per heavy atom. The minimum absolute atomic E-state index is 0.0547. The first-order chi connectivity index (χ1) is 11.8. The summed E-state index contributed by atoms with van der Waals surface area (Å²) in [6.07, 6.45) is 0.508. The first-order valence-electron chi connectivity index (χ1n) is 8.70. The second kappa shape index (κ2) is 7.29. The van der Waals surface area contributed by atoms with E-state index < -0.39 is 9.84 Å². The van der Waals surface area contributed by atoms with Gasteiger partial charge in [0.15, 0.2) is 15.9 Å². The van der Waals surface area contributed by atoms with Gasteiger partial charge >= 0.3 is 0 Å². The number of nitrogens with one attached hydrogen (secondary N) is 2. The van der Waals surface area contributed by atoms with Gasteiger partial charge in [0.25, 0.3) is 5.91 Å². The van der Waals surface area contributed by atoms with Gasteiger partial charge in [0.05, 0.1) is 37.7 Å². The summed E-state index contributed by atoms with van der Waals surface area (Å²) in [5.74, 6) is -0.103. The number of carbonyl (C=O) groups is 1. The van der Waals surface area contributed by atoms with E-state index in [4.69, 9.17) is 0 Å². The molecule has 138 valence electrons. The first kappa shape index (κ1) is 18.1. The van der Waals surface area contributed by atoms with Gasteiger partial charge in [-0.3, -0.25) is 4.79 Å². The average molecular weight is 370 g/mol. The topological polar surface area (TPSA) is 70.9 Å². The molecule has 2 fully saturated rings. The molecule has 8 heteroatoms. The molecule has 0 radical (unpaired) electrons. The molecule has 2 aliphatic rings. The van der Waals surface area contributed by atoms with Crippen LogP contribution in [0.15, 0.2) is 24.3 Å². The Morgan fingerprint density at radius 2 is 1.92 bits per heavy atom. The molecular weight excluding hydrogens is 345 g/mol. The maximum absolute atomic E-state index is 13.0. The fourth-order valence-corrected chi connectivity index (χ4v) is 5.23. The van der Waals surface area contributed by atoms with E-state index in [1.54, 1.807) is 12.1 Å². The molecule has 2 saturated heterocycles.